The van der Waals surface area contributed by atoms with Gasteiger partial charge in [-0.3, -0.25) is 4.57 Å². The summed E-state index contributed by atoms with van der Waals surface area (Å²) in [5.74, 6) is 0.326. The number of nitrogens with zero attached hydrogens (tertiary/aromatic N) is 4. The molecule has 0 saturated heterocycles. The lowest BCUT2D eigenvalue weighted by molar-refractivity contribution is 0.0820. The largest absolute Gasteiger partial charge is 0.382 e. The molecular weight excluding hydrogens is 293 g/mol. The van der Waals surface area contributed by atoms with Crippen LogP contribution in [-0.2, 0) is 15.8 Å². The Hall–Kier alpha value is -1.50. The molecule has 3 N–H and O–H groups in total. The predicted octanol–water partition coefficient (Wildman–Crippen LogP) is 1.45. The van der Waals surface area contributed by atoms with Gasteiger partial charge in [0.05, 0.1) is 19.0 Å². The molecule has 2 aromatic heterocycles. The van der Waals surface area contributed by atoms with Gasteiger partial charge < -0.3 is 19.9 Å². The van der Waals surface area contributed by atoms with Crippen LogP contribution in [0.1, 0.15) is 20.8 Å². The number of hydrogen-bond acceptors (Lipinski definition) is 6. The fourth-order valence-corrected chi connectivity index (χ4v) is 2.51. The SMILES string of the molecule is CC(C)P(=O)(O)CO[C@H](C)Cn1cnc2c(N)ncnc21. The maximum absolute atomic E-state index is 11.9. The molecule has 21 heavy (non-hydrogen) atoms. The molecule has 8 nitrogen and oxygen atoms in total. The zero-order valence-corrected chi connectivity index (χ0v) is 13.2. The van der Waals surface area contributed by atoms with Gasteiger partial charge in [-0.05, 0) is 6.92 Å². The maximum Gasteiger partial charge on any atom is 0.227 e. The van der Waals surface area contributed by atoms with Crippen LogP contribution in [0.15, 0.2) is 12.7 Å². The lowest BCUT2D eigenvalue weighted by Gasteiger charge is -2.19. The van der Waals surface area contributed by atoms with Gasteiger partial charge in [0.25, 0.3) is 0 Å². The van der Waals surface area contributed by atoms with E-state index in [-0.39, 0.29) is 18.1 Å². The molecule has 2 heterocycles. The highest BCUT2D eigenvalue weighted by molar-refractivity contribution is 7.58. The summed E-state index contributed by atoms with van der Waals surface area (Å²) < 4.78 is 19.1. The number of aromatic nitrogens is 4. The highest BCUT2D eigenvalue weighted by Crippen LogP contribution is 2.45. The highest BCUT2D eigenvalue weighted by Gasteiger charge is 2.24. The number of imidazole rings is 1. The van der Waals surface area contributed by atoms with Crippen molar-refractivity contribution in [1.29, 1.82) is 0 Å². The Bertz CT molecular complexity index is 672. The number of rotatable bonds is 6. The molecule has 0 bridgehead atoms. The number of ether oxygens (including phenoxy) is 1. The van der Waals surface area contributed by atoms with Gasteiger partial charge in [0.15, 0.2) is 11.5 Å². The molecule has 2 rings (SSSR count). The average molecular weight is 313 g/mol. The van der Waals surface area contributed by atoms with Crippen LogP contribution in [0.5, 0.6) is 0 Å². The summed E-state index contributed by atoms with van der Waals surface area (Å²) in [5, 5.41) is 0. The molecule has 0 aliphatic carbocycles. The smallest absolute Gasteiger partial charge is 0.227 e. The first kappa shape index (κ1) is 15.9. The van der Waals surface area contributed by atoms with E-state index in [1.807, 2.05) is 6.92 Å². The van der Waals surface area contributed by atoms with Crippen molar-refractivity contribution in [2.45, 2.75) is 39.1 Å². The van der Waals surface area contributed by atoms with E-state index in [1.54, 1.807) is 24.7 Å². The zero-order chi connectivity index (χ0) is 15.6. The summed E-state index contributed by atoms with van der Waals surface area (Å²) in [5.41, 5.74) is 6.57. The van der Waals surface area contributed by atoms with Crippen LogP contribution in [0, 0.1) is 0 Å². The fraction of sp³-hybridized carbons (Fsp3) is 0.583. The van der Waals surface area contributed by atoms with E-state index in [0.29, 0.717) is 23.5 Å². The van der Waals surface area contributed by atoms with Crippen molar-refractivity contribution in [2.24, 2.45) is 0 Å². The summed E-state index contributed by atoms with van der Waals surface area (Å²) in [6, 6.07) is 0. The Morgan fingerprint density at radius 2 is 2.10 bits per heavy atom. The first-order valence-corrected chi connectivity index (χ1v) is 8.57. The molecule has 0 spiro atoms. The van der Waals surface area contributed by atoms with Gasteiger partial charge in [-0.2, -0.15) is 0 Å². The first-order valence-electron chi connectivity index (χ1n) is 6.65. The Balaban J connectivity index is 2.04. The van der Waals surface area contributed by atoms with Gasteiger partial charge >= 0.3 is 0 Å². The molecular formula is C12H20N5O3P. The van der Waals surface area contributed by atoms with Crippen LogP contribution in [-0.4, -0.2) is 42.5 Å². The third-order valence-electron chi connectivity index (χ3n) is 3.23. The number of nitrogen functional groups attached to an aromatic ring is 1. The first-order chi connectivity index (χ1) is 9.81. The topological polar surface area (TPSA) is 116 Å². The second-order valence-corrected chi connectivity index (χ2v) is 8.09. The fourth-order valence-electron chi connectivity index (χ4n) is 1.75. The van der Waals surface area contributed by atoms with E-state index in [9.17, 15) is 9.46 Å². The summed E-state index contributed by atoms with van der Waals surface area (Å²) in [6.07, 6.45) is 2.58. The Morgan fingerprint density at radius 3 is 2.76 bits per heavy atom. The van der Waals surface area contributed by atoms with E-state index in [2.05, 4.69) is 15.0 Å². The van der Waals surface area contributed by atoms with E-state index in [4.69, 9.17) is 10.5 Å². The predicted molar refractivity (Wildman–Crippen MR) is 80.1 cm³/mol. The average Bonchev–Trinajstić information content (AvgIpc) is 2.81. The highest BCUT2D eigenvalue weighted by atomic mass is 31.2. The minimum Gasteiger partial charge on any atom is -0.382 e. The van der Waals surface area contributed by atoms with Gasteiger partial charge in [-0.15, -0.1) is 0 Å². The van der Waals surface area contributed by atoms with Crippen molar-refractivity contribution < 1.29 is 14.2 Å². The third-order valence-corrected chi connectivity index (χ3v) is 5.37. The molecule has 9 heteroatoms. The molecule has 1 unspecified atom stereocenters. The standard InChI is InChI=1S/C12H20N5O3P/c1-8(2)21(18,19)7-20-9(3)4-17-6-16-10-11(13)14-5-15-12(10)17/h5-6,8-9H,4,7H2,1-3H3,(H,18,19)(H2,13,14,15)/t9-/m1/s1. The van der Waals surface area contributed by atoms with Crippen LogP contribution < -0.4 is 5.73 Å². The van der Waals surface area contributed by atoms with Crippen molar-refractivity contribution in [3.8, 4) is 0 Å². The van der Waals surface area contributed by atoms with Gasteiger partial charge in [-0.1, -0.05) is 13.8 Å². The zero-order valence-electron chi connectivity index (χ0n) is 12.3. The number of hydrogen-bond donors (Lipinski definition) is 2. The summed E-state index contributed by atoms with van der Waals surface area (Å²) in [4.78, 5) is 21.9. The van der Waals surface area contributed by atoms with Crippen molar-refractivity contribution in [2.75, 3.05) is 12.1 Å². The minimum absolute atomic E-state index is 0.157. The molecule has 2 aromatic rings. The van der Waals surface area contributed by atoms with Crippen molar-refractivity contribution >= 4 is 24.4 Å². The van der Waals surface area contributed by atoms with Crippen LogP contribution in [0.3, 0.4) is 0 Å². The van der Waals surface area contributed by atoms with Crippen molar-refractivity contribution in [3.05, 3.63) is 12.7 Å². The van der Waals surface area contributed by atoms with Gasteiger partial charge in [0.2, 0.25) is 7.37 Å². The molecule has 0 radical (unpaired) electrons. The Morgan fingerprint density at radius 1 is 1.38 bits per heavy atom. The Labute approximate surface area is 122 Å². The Kier molecular flexibility index (Phi) is 4.61. The minimum atomic E-state index is -3.26. The van der Waals surface area contributed by atoms with Gasteiger partial charge in [0, 0.05) is 5.66 Å². The maximum atomic E-state index is 11.9. The molecule has 0 aromatic carbocycles. The molecule has 0 aliphatic rings. The van der Waals surface area contributed by atoms with Crippen LogP contribution in [0.4, 0.5) is 5.82 Å². The van der Waals surface area contributed by atoms with E-state index >= 15 is 0 Å². The summed E-state index contributed by atoms with van der Waals surface area (Å²) in [7, 11) is -3.26. The third kappa shape index (κ3) is 3.58. The quantitative estimate of drug-likeness (QED) is 0.775. The summed E-state index contributed by atoms with van der Waals surface area (Å²) >= 11 is 0. The second kappa shape index (κ2) is 6.09. The molecule has 2 atom stereocenters. The molecule has 116 valence electrons. The molecule has 0 aliphatic heterocycles. The van der Waals surface area contributed by atoms with E-state index in [0.717, 1.165) is 0 Å². The number of fused-ring (bicyclic) bond motifs is 1. The van der Waals surface area contributed by atoms with E-state index in [1.165, 1.54) is 6.33 Å². The van der Waals surface area contributed by atoms with Gasteiger partial charge in [-0.25, -0.2) is 15.0 Å². The van der Waals surface area contributed by atoms with E-state index < -0.39 is 7.37 Å². The second-order valence-electron chi connectivity index (χ2n) is 5.28. The van der Waals surface area contributed by atoms with Crippen molar-refractivity contribution in [3.63, 3.8) is 0 Å². The van der Waals surface area contributed by atoms with Crippen LogP contribution in [0.2, 0.25) is 0 Å². The lowest BCUT2D eigenvalue weighted by atomic mass is 10.4. The molecule has 0 fully saturated rings. The van der Waals surface area contributed by atoms with Crippen LogP contribution in [0.25, 0.3) is 11.2 Å². The normalized spacial score (nSPS) is 16.2. The van der Waals surface area contributed by atoms with Gasteiger partial charge in [0.1, 0.15) is 18.2 Å². The number of nitrogens with two attached hydrogens (primary N) is 1. The summed E-state index contributed by atoms with van der Waals surface area (Å²) in [6.45, 7) is 5.71. The molecule has 0 amide bonds. The lowest BCUT2D eigenvalue weighted by Crippen LogP contribution is -2.18. The monoisotopic (exact) mass is 313 g/mol. The molecule has 0 saturated carbocycles. The van der Waals surface area contributed by atoms with Crippen LogP contribution >= 0.6 is 7.37 Å². The number of anilines is 1. The van der Waals surface area contributed by atoms with Crippen molar-refractivity contribution in [1.82, 2.24) is 19.5 Å².